The molecule has 8 nitrogen and oxygen atoms in total. The molecular weight excluding hydrogens is 432 g/mol. The number of para-hydroxylation sites is 1. The summed E-state index contributed by atoms with van der Waals surface area (Å²) in [5.41, 5.74) is 2.08. The van der Waals surface area contributed by atoms with Crippen molar-refractivity contribution in [2.24, 2.45) is 10.9 Å². The number of aromatic nitrogens is 1. The molecule has 3 aromatic rings. The fourth-order valence-electron chi connectivity index (χ4n) is 4.17. The molecule has 1 aliphatic heterocycles. The molecule has 0 amide bonds. The predicted octanol–water partition coefficient (Wildman–Crippen LogP) is 3.67. The lowest BCUT2D eigenvalue weighted by atomic mass is 9.74. The van der Waals surface area contributed by atoms with Gasteiger partial charge in [0.15, 0.2) is 5.43 Å². The Morgan fingerprint density at radius 1 is 1.22 bits per heavy atom. The van der Waals surface area contributed by atoms with Crippen molar-refractivity contribution < 1.29 is 21.8 Å². The fourth-order valence-corrected chi connectivity index (χ4v) is 4.66. The normalized spacial score (nSPS) is 18.2. The van der Waals surface area contributed by atoms with Crippen LogP contribution in [-0.2, 0) is 14.9 Å². The van der Waals surface area contributed by atoms with Crippen LogP contribution in [0.2, 0.25) is 0 Å². The second-order valence-electron chi connectivity index (χ2n) is 7.74. The minimum Gasteiger partial charge on any atom is -0.461 e. The van der Waals surface area contributed by atoms with E-state index in [0.29, 0.717) is 39.3 Å². The number of fused-ring (bicyclic) bond motifs is 2. The van der Waals surface area contributed by atoms with Gasteiger partial charge in [-0.2, -0.15) is 8.42 Å². The van der Waals surface area contributed by atoms with Gasteiger partial charge in [-0.05, 0) is 39.8 Å². The molecule has 2 unspecified atom stereocenters. The van der Waals surface area contributed by atoms with Gasteiger partial charge in [0.05, 0.1) is 28.3 Å². The minimum atomic E-state index is -3.89. The number of rotatable bonds is 5. The third-order valence-electron chi connectivity index (χ3n) is 5.56. The van der Waals surface area contributed by atoms with Gasteiger partial charge in [-0.15, -0.1) is 0 Å². The van der Waals surface area contributed by atoms with E-state index in [-0.39, 0.29) is 22.8 Å². The minimum absolute atomic E-state index is 0.135. The summed E-state index contributed by atoms with van der Waals surface area (Å²) in [7, 11) is -3.89. The number of carbonyl (C=O) groups excluding carboxylic acids is 1. The highest BCUT2D eigenvalue weighted by Crippen LogP contribution is 2.48. The SMILES string of the molecule is CCS(=O)(=O)Oc1nccc2c1C(c1cccc3c(=O)cc(C)oc13)C(C(C)=O)C(C)=N2. The fraction of sp³-hybridized carbons (Fsp3) is 0.304. The van der Waals surface area contributed by atoms with Crippen molar-refractivity contribution in [2.75, 3.05) is 5.75 Å². The molecule has 32 heavy (non-hydrogen) atoms. The number of aliphatic imine (C=N–C) groups is 1. The summed E-state index contributed by atoms with van der Waals surface area (Å²) >= 11 is 0. The lowest BCUT2D eigenvalue weighted by Crippen LogP contribution is -2.31. The van der Waals surface area contributed by atoms with E-state index in [0.717, 1.165) is 0 Å². The van der Waals surface area contributed by atoms with Gasteiger partial charge in [-0.25, -0.2) is 4.98 Å². The third kappa shape index (κ3) is 3.73. The Balaban J connectivity index is 2.09. The van der Waals surface area contributed by atoms with Crippen molar-refractivity contribution in [3.05, 3.63) is 63.6 Å². The van der Waals surface area contributed by atoms with E-state index in [4.69, 9.17) is 8.60 Å². The van der Waals surface area contributed by atoms with Gasteiger partial charge in [0.25, 0.3) is 0 Å². The monoisotopic (exact) mass is 454 g/mol. The molecule has 2 atom stereocenters. The average Bonchev–Trinajstić information content (AvgIpc) is 2.72. The maximum absolute atomic E-state index is 12.8. The van der Waals surface area contributed by atoms with Crippen molar-refractivity contribution in [3.63, 3.8) is 0 Å². The van der Waals surface area contributed by atoms with Crippen LogP contribution in [0.1, 0.15) is 43.6 Å². The number of pyridine rings is 1. The van der Waals surface area contributed by atoms with Crippen LogP contribution in [-0.4, -0.2) is 30.6 Å². The molecule has 166 valence electrons. The summed E-state index contributed by atoms with van der Waals surface area (Å²) in [4.78, 5) is 34.1. The van der Waals surface area contributed by atoms with E-state index >= 15 is 0 Å². The van der Waals surface area contributed by atoms with Crippen LogP contribution >= 0.6 is 0 Å². The smallest absolute Gasteiger partial charge is 0.310 e. The van der Waals surface area contributed by atoms with Crippen LogP contribution < -0.4 is 9.61 Å². The van der Waals surface area contributed by atoms with Crippen LogP contribution in [0, 0.1) is 12.8 Å². The van der Waals surface area contributed by atoms with Gasteiger partial charge in [0.2, 0.25) is 5.88 Å². The summed E-state index contributed by atoms with van der Waals surface area (Å²) in [6.07, 6.45) is 1.41. The van der Waals surface area contributed by atoms with Gasteiger partial charge < -0.3 is 8.60 Å². The molecule has 0 aliphatic carbocycles. The van der Waals surface area contributed by atoms with Crippen LogP contribution in [0.25, 0.3) is 11.0 Å². The number of benzene rings is 1. The summed E-state index contributed by atoms with van der Waals surface area (Å²) in [5, 5.41) is 0.365. The Hall–Kier alpha value is -3.33. The molecule has 0 saturated carbocycles. The lowest BCUT2D eigenvalue weighted by molar-refractivity contribution is -0.119. The first kappa shape index (κ1) is 21.9. The van der Waals surface area contributed by atoms with E-state index in [1.54, 1.807) is 38.1 Å². The maximum Gasteiger partial charge on any atom is 0.310 e. The molecule has 1 aliphatic rings. The average molecular weight is 455 g/mol. The van der Waals surface area contributed by atoms with E-state index in [2.05, 4.69) is 9.98 Å². The lowest BCUT2D eigenvalue weighted by Gasteiger charge is -2.31. The molecule has 9 heteroatoms. The van der Waals surface area contributed by atoms with Crippen LogP contribution in [0.4, 0.5) is 5.69 Å². The van der Waals surface area contributed by atoms with E-state index < -0.39 is 22.0 Å². The van der Waals surface area contributed by atoms with Gasteiger partial charge >= 0.3 is 10.1 Å². The van der Waals surface area contributed by atoms with Crippen molar-refractivity contribution in [2.45, 2.75) is 33.6 Å². The largest absolute Gasteiger partial charge is 0.461 e. The summed E-state index contributed by atoms with van der Waals surface area (Å²) in [5.74, 6) is -1.54. The van der Waals surface area contributed by atoms with Crippen LogP contribution in [0.5, 0.6) is 5.88 Å². The topological polar surface area (TPSA) is 116 Å². The third-order valence-corrected chi connectivity index (χ3v) is 6.68. The number of carbonyl (C=O) groups is 1. The zero-order valence-electron chi connectivity index (χ0n) is 18.1. The molecule has 2 aromatic heterocycles. The Kier molecular flexibility index (Phi) is 5.46. The Morgan fingerprint density at radius 3 is 2.66 bits per heavy atom. The van der Waals surface area contributed by atoms with Gasteiger partial charge in [0.1, 0.15) is 17.1 Å². The van der Waals surface area contributed by atoms with Crippen molar-refractivity contribution in [1.29, 1.82) is 0 Å². The summed E-state index contributed by atoms with van der Waals surface area (Å²) in [6.45, 7) is 6.34. The molecule has 1 aromatic carbocycles. The molecule has 0 bridgehead atoms. The quantitative estimate of drug-likeness (QED) is 0.540. The van der Waals surface area contributed by atoms with Crippen LogP contribution in [0.3, 0.4) is 0 Å². The summed E-state index contributed by atoms with van der Waals surface area (Å²) in [6, 6.07) is 8.17. The zero-order chi connectivity index (χ0) is 23.2. The number of aryl methyl sites for hydroxylation is 1. The highest BCUT2D eigenvalue weighted by molar-refractivity contribution is 7.87. The molecule has 0 fully saturated rings. The van der Waals surface area contributed by atoms with Gasteiger partial charge in [-0.1, -0.05) is 12.1 Å². The molecular formula is C23H22N2O6S. The van der Waals surface area contributed by atoms with E-state index in [9.17, 15) is 18.0 Å². The van der Waals surface area contributed by atoms with Crippen molar-refractivity contribution >= 4 is 38.3 Å². The van der Waals surface area contributed by atoms with Gasteiger partial charge in [-0.3, -0.25) is 14.6 Å². The second-order valence-corrected chi connectivity index (χ2v) is 9.60. The standard InChI is InChI=1S/C23H22N2O6S/c1-5-32(28,29)31-23-21-17(9-10-24-23)25-13(3)19(14(4)26)20(21)16-8-6-7-15-18(27)11-12(2)30-22(15)16/h6-11,19-20H,5H2,1-4H3. The second kappa shape index (κ2) is 7.98. The molecule has 3 heterocycles. The Morgan fingerprint density at radius 2 is 1.97 bits per heavy atom. The van der Waals surface area contributed by atoms with E-state index in [1.165, 1.54) is 26.1 Å². The number of hydrogen-bond donors (Lipinski definition) is 0. The Labute approximate surface area is 185 Å². The number of ketones is 1. The number of nitrogens with zero attached hydrogens (tertiary/aromatic N) is 2. The molecule has 0 spiro atoms. The summed E-state index contributed by atoms with van der Waals surface area (Å²) < 4.78 is 35.8. The maximum atomic E-state index is 12.8. The molecule has 0 saturated heterocycles. The zero-order valence-corrected chi connectivity index (χ0v) is 18.9. The predicted molar refractivity (Wildman–Crippen MR) is 120 cm³/mol. The number of Topliss-reactive ketones (excluding diaryl/α,β-unsaturated/α-hetero) is 1. The molecule has 0 radical (unpaired) electrons. The van der Waals surface area contributed by atoms with Crippen molar-refractivity contribution in [1.82, 2.24) is 4.98 Å². The Bertz CT molecular complexity index is 1440. The molecule has 4 rings (SSSR count). The highest BCUT2D eigenvalue weighted by Gasteiger charge is 2.40. The van der Waals surface area contributed by atoms with Crippen LogP contribution in [0.15, 0.2) is 50.7 Å². The molecule has 0 N–H and O–H groups in total. The van der Waals surface area contributed by atoms with E-state index in [1.807, 2.05) is 0 Å². The first-order valence-corrected chi connectivity index (χ1v) is 11.7. The first-order valence-electron chi connectivity index (χ1n) is 10.1. The number of hydrogen-bond acceptors (Lipinski definition) is 8. The van der Waals surface area contributed by atoms with Gasteiger partial charge in [0, 0.05) is 29.5 Å². The first-order chi connectivity index (χ1) is 15.1. The highest BCUT2D eigenvalue weighted by atomic mass is 32.2. The van der Waals surface area contributed by atoms with Crippen molar-refractivity contribution in [3.8, 4) is 5.88 Å².